The minimum atomic E-state index is -0.146. The van der Waals surface area contributed by atoms with Crippen molar-refractivity contribution in [1.82, 2.24) is 15.5 Å². The highest BCUT2D eigenvalue weighted by Crippen LogP contribution is 2.03. The molecular weight excluding hydrogens is 216 g/mol. The van der Waals surface area contributed by atoms with Gasteiger partial charge in [0.1, 0.15) is 5.69 Å². The molecule has 0 bridgehead atoms. The summed E-state index contributed by atoms with van der Waals surface area (Å²) in [6, 6.07) is 1.83. The molecule has 0 fully saturated rings. The number of nitrogens with zero attached hydrogens (tertiary/aromatic N) is 1. The third-order valence-corrected chi connectivity index (χ3v) is 2.77. The molecule has 1 aromatic rings. The Bertz CT molecular complexity index is 348. The number of aromatic amines is 1. The third kappa shape index (κ3) is 4.19. The first-order valence-corrected chi connectivity index (χ1v) is 6.26. The van der Waals surface area contributed by atoms with E-state index >= 15 is 0 Å². The predicted molar refractivity (Wildman–Crippen MR) is 67.8 cm³/mol. The van der Waals surface area contributed by atoms with Crippen LogP contribution in [0.3, 0.4) is 0 Å². The molecule has 17 heavy (non-hydrogen) atoms. The molecule has 5 heteroatoms. The van der Waals surface area contributed by atoms with Crippen molar-refractivity contribution in [3.8, 4) is 0 Å². The maximum atomic E-state index is 11.9. The first-order chi connectivity index (χ1) is 8.21. The van der Waals surface area contributed by atoms with Gasteiger partial charge in [-0.1, -0.05) is 26.7 Å². The molecular formula is C12H22N4O. The van der Waals surface area contributed by atoms with Gasteiger partial charge in [-0.2, -0.15) is 5.10 Å². The van der Waals surface area contributed by atoms with Crippen molar-refractivity contribution >= 4 is 5.91 Å². The minimum Gasteiger partial charge on any atom is -0.347 e. The van der Waals surface area contributed by atoms with Crippen LogP contribution in [0.2, 0.25) is 0 Å². The number of unbranched alkanes of at least 4 members (excludes halogenated alkanes) is 1. The highest BCUT2D eigenvalue weighted by Gasteiger charge is 2.14. The average Bonchev–Trinajstić information content (AvgIpc) is 2.83. The van der Waals surface area contributed by atoms with Crippen molar-refractivity contribution in [2.45, 2.75) is 45.6 Å². The number of nitrogens with two attached hydrogens (primary N) is 1. The molecule has 1 unspecified atom stereocenters. The fraction of sp³-hybridized carbons (Fsp3) is 0.667. The van der Waals surface area contributed by atoms with Crippen LogP contribution in [0.25, 0.3) is 0 Å². The molecule has 0 saturated carbocycles. The van der Waals surface area contributed by atoms with E-state index in [0.717, 1.165) is 31.4 Å². The summed E-state index contributed by atoms with van der Waals surface area (Å²) in [6.07, 6.45) is 3.94. The van der Waals surface area contributed by atoms with Gasteiger partial charge in [0.05, 0.1) is 0 Å². The van der Waals surface area contributed by atoms with Crippen molar-refractivity contribution in [2.75, 3.05) is 6.54 Å². The number of hydrogen-bond acceptors (Lipinski definition) is 3. The monoisotopic (exact) mass is 238 g/mol. The number of aromatic nitrogens is 2. The van der Waals surface area contributed by atoms with Crippen molar-refractivity contribution in [3.05, 3.63) is 17.5 Å². The molecule has 0 aliphatic rings. The van der Waals surface area contributed by atoms with Gasteiger partial charge >= 0.3 is 0 Å². The van der Waals surface area contributed by atoms with E-state index in [2.05, 4.69) is 22.4 Å². The number of carbonyl (C=O) groups is 1. The summed E-state index contributed by atoms with van der Waals surface area (Å²) < 4.78 is 0. The molecule has 1 atom stereocenters. The van der Waals surface area contributed by atoms with Gasteiger partial charge in [0.2, 0.25) is 0 Å². The Morgan fingerprint density at radius 2 is 2.35 bits per heavy atom. The van der Waals surface area contributed by atoms with Crippen LogP contribution in [-0.4, -0.2) is 28.7 Å². The molecule has 0 aliphatic carbocycles. The van der Waals surface area contributed by atoms with Crippen LogP contribution in [0.1, 0.15) is 49.3 Å². The summed E-state index contributed by atoms with van der Waals surface area (Å²) in [7, 11) is 0. The van der Waals surface area contributed by atoms with Crippen molar-refractivity contribution in [3.63, 3.8) is 0 Å². The Hall–Kier alpha value is -1.36. The lowest BCUT2D eigenvalue weighted by molar-refractivity contribution is 0.0930. The molecule has 96 valence electrons. The van der Waals surface area contributed by atoms with E-state index in [1.165, 1.54) is 0 Å². The van der Waals surface area contributed by atoms with Crippen molar-refractivity contribution < 1.29 is 4.79 Å². The fourth-order valence-corrected chi connectivity index (χ4v) is 1.62. The Morgan fingerprint density at radius 1 is 1.59 bits per heavy atom. The zero-order chi connectivity index (χ0) is 12.7. The lowest BCUT2D eigenvalue weighted by Gasteiger charge is -2.15. The second kappa shape index (κ2) is 7.06. The number of nitrogens with one attached hydrogen (secondary N) is 2. The molecule has 5 nitrogen and oxygen atoms in total. The predicted octanol–water partition coefficient (Wildman–Crippen LogP) is 1.22. The van der Waals surface area contributed by atoms with Gasteiger partial charge in [-0.3, -0.25) is 9.89 Å². The largest absolute Gasteiger partial charge is 0.347 e. The molecule has 0 aliphatic heterocycles. The van der Waals surface area contributed by atoms with Crippen LogP contribution in [0, 0.1) is 0 Å². The van der Waals surface area contributed by atoms with Gasteiger partial charge < -0.3 is 11.1 Å². The van der Waals surface area contributed by atoms with Crippen molar-refractivity contribution in [1.29, 1.82) is 0 Å². The summed E-state index contributed by atoms with van der Waals surface area (Å²) in [5, 5.41) is 9.71. The van der Waals surface area contributed by atoms with E-state index in [0.29, 0.717) is 12.2 Å². The summed E-state index contributed by atoms with van der Waals surface area (Å²) in [5.41, 5.74) is 7.04. The average molecular weight is 238 g/mol. The lowest BCUT2D eigenvalue weighted by atomic mass is 10.1. The van der Waals surface area contributed by atoms with Crippen LogP contribution < -0.4 is 11.1 Å². The summed E-state index contributed by atoms with van der Waals surface area (Å²) in [4.78, 5) is 11.9. The molecule has 0 aromatic carbocycles. The van der Waals surface area contributed by atoms with E-state index in [9.17, 15) is 4.79 Å². The summed E-state index contributed by atoms with van der Waals surface area (Å²) >= 11 is 0. The number of hydrogen-bond donors (Lipinski definition) is 3. The lowest BCUT2D eigenvalue weighted by Crippen LogP contribution is -2.40. The van der Waals surface area contributed by atoms with Gasteiger partial charge in [-0.25, -0.2) is 0 Å². The quantitative estimate of drug-likeness (QED) is 0.667. The topological polar surface area (TPSA) is 83.8 Å². The van der Waals surface area contributed by atoms with E-state index < -0.39 is 0 Å². The minimum absolute atomic E-state index is 0.0456. The Kier molecular flexibility index (Phi) is 5.69. The van der Waals surface area contributed by atoms with Gasteiger partial charge in [-0.05, 0) is 18.9 Å². The summed E-state index contributed by atoms with van der Waals surface area (Å²) in [5.74, 6) is -0.146. The number of rotatable bonds is 7. The second-order valence-corrected chi connectivity index (χ2v) is 4.18. The SMILES string of the molecule is CCCCC(CN)NC(=O)c1cc(CC)[nH]n1. The fourth-order valence-electron chi connectivity index (χ4n) is 1.62. The highest BCUT2D eigenvalue weighted by molar-refractivity contribution is 5.92. The molecule has 0 spiro atoms. The second-order valence-electron chi connectivity index (χ2n) is 4.18. The van der Waals surface area contributed by atoms with E-state index in [-0.39, 0.29) is 11.9 Å². The molecule has 1 amide bonds. The van der Waals surface area contributed by atoms with E-state index in [1.54, 1.807) is 6.07 Å². The molecule has 4 N–H and O–H groups in total. The smallest absolute Gasteiger partial charge is 0.272 e. The van der Waals surface area contributed by atoms with Gasteiger partial charge in [0.25, 0.3) is 5.91 Å². The maximum absolute atomic E-state index is 11.9. The Labute approximate surface area is 102 Å². The normalized spacial score (nSPS) is 12.4. The van der Waals surface area contributed by atoms with Crippen molar-refractivity contribution in [2.24, 2.45) is 5.73 Å². The summed E-state index contributed by atoms with van der Waals surface area (Å²) in [6.45, 7) is 4.60. The zero-order valence-corrected chi connectivity index (χ0v) is 10.6. The van der Waals surface area contributed by atoms with Crippen LogP contribution >= 0.6 is 0 Å². The number of H-pyrrole nitrogens is 1. The zero-order valence-electron chi connectivity index (χ0n) is 10.6. The van der Waals surface area contributed by atoms with Gasteiger partial charge in [0.15, 0.2) is 0 Å². The van der Waals surface area contributed by atoms with Crippen LogP contribution in [0.15, 0.2) is 6.07 Å². The van der Waals surface area contributed by atoms with Crippen LogP contribution in [-0.2, 0) is 6.42 Å². The van der Waals surface area contributed by atoms with Gasteiger partial charge in [-0.15, -0.1) is 0 Å². The van der Waals surface area contributed by atoms with Gasteiger partial charge in [0, 0.05) is 18.3 Å². The first kappa shape index (κ1) is 13.7. The van der Waals surface area contributed by atoms with E-state index in [4.69, 9.17) is 5.73 Å². The van der Waals surface area contributed by atoms with E-state index in [1.807, 2.05) is 6.92 Å². The van der Waals surface area contributed by atoms with Crippen LogP contribution in [0.4, 0.5) is 0 Å². The number of carbonyl (C=O) groups excluding carboxylic acids is 1. The number of amides is 1. The number of aryl methyl sites for hydroxylation is 1. The Morgan fingerprint density at radius 3 is 2.88 bits per heavy atom. The molecule has 1 heterocycles. The standard InChI is InChI=1S/C12H22N4O/c1-3-5-6-10(8-13)14-12(17)11-7-9(4-2)15-16-11/h7,10H,3-6,8,13H2,1-2H3,(H,14,17)(H,15,16). The highest BCUT2D eigenvalue weighted by atomic mass is 16.2. The Balaban J connectivity index is 2.51. The van der Waals surface area contributed by atoms with Crippen LogP contribution in [0.5, 0.6) is 0 Å². The maximum Gasteiger partial charge on any atom is 0.272 e. The first-order valence-electron chi connectivity index (χ1n) is 6.26. The molecule has 1 rings (SSSR count). The third-order valence-electron chi connectivity index (χ3n) is 2.77. The molecule has 0 radical (unpaired) electrons. The molecule has 1 aromatic heterocycles. The molecule has 0 saturated heterocycles.